The van der Waals surface area contributed by atoms with Gasteiger partial charge in [-0.1, -0.05) is 13.3 Å². The summed E-state index contributed by atoms with van der Waals surface area (Å²) in [6.07, 6.45) is 8.66. The monoisotopic (exact) mass is 296 g/mol. The molecule has 1 heterocycles. The number of hydrogen-bond acceptors (Lipinski definition) is 3. The average Bonchev–Trinajstić information content (AvgIpc) is 2.53. The summed E-state index contributed by atoms with van der Waals surface area (Å²) in [6.45, 7) is 6.50. The fraction of sp³-hybridized carbons (Fsp3) is 0.941. The first-order valence-corrected chi connectivity index (χ1v) is 8.78. The number of amides is 1. The van der Waals surface area contributed by atoms with E-state index in [0.717, 1.165) is 57.5 Å². The van der Waals surface area contributed by atoms with Crippen LogP contribution in [0.4, 0.5) is 0 Å². The van der Waals surface area contributed by atoms with Crippen molar-refractivity contribution in [3.05, 3.63) is 0 Å². The Hall–Kier alpha value is -0.610. The van der Waals surface area contributed by atoms with Gasteiger partial charge < -0.3 is 15.3 Å². The second-order valence-corrected chi connectivity index (χ2v) is 7.06. The molecule has 0 spiro atoms. The lowest BCUT2D eigenvalue weighted by Gasteiger charge is -2.37. The SMILES string of the molecule is CCC1CCC(O)(CNC(C)C(=O)N2CCCCC2)CC1. The minimum Gasteiger partial charge on any atom is -0.389 e. The molecule has 1 aliphatic heterocycles. The van der Waals surface area contributed by atoms with E-state index >= 15 is 0 Å². The highest BCUT2D eigenvalue weighted by Crippen LogP contribution is 2.33. The Morgan fingerprint density at radius 2 is 1.90 bits per heavy atom. The summed E-state index contributed by atoms with van der Waals surface area (Å²) in [5.74, 6) is 0.971. The van der Waals surface area contributed by atoms with E-state index in [4.69, 9.17) is 0 Å². The molecule has 0 aromatic carbocycles. The molecule has 1 aliphatic carbocycles. The zero-order valence-corrected chi connectivity index (χ0v) is 13.7. The van der Waals surface area contributed by atoms with Gasteiger partial charge in [0.05, 0.1) is 11.6 Å². The van der Waals surface area contributed by atoms with Crippen molar-refractivity contribution in [2.75, 3.05) is 19.6 Å². The van der Waals surface area contributed by atoms with E-state index in [-0.39, 0.29) is 11.9 Å². The van der Waals surface area contributed by atoms with Crippen LogP contribution in [-0.4, -0.2) is 47.2 Å². The van der Waals surface area contributed by atoms with Crippen molar-refractivity contribution in [3.63, 3.8) is 0 Å². The summed E-state index contributed by atoms with van der Waals surface area (Å²) < 4.78 is 0. The van der Waals surface area contributed by atoms with Crippen LogP contribution in [0.3, 0.4) is 0 Å². The second kappa shape index (κ2) is 7.59. The van der Waals surface area contributed by atoms with Gasteiger partial charge in [-0.25, -0.2) is 0 Å². The summed E-state index contributed by atoms with van der Waals surface area (Å²) in [6, 6.07) is -0.184. The maximum absolute atomic E-state index is 12.4. The molecular weight excluding hydrogens is 264 g/mol. The van der Waals surface area contributed by atoms with Gasteiger partial charge >= 0.3 is 0 Å². The number of aliphatic hydroxyl groups is 1. The van der Waals surface area contributed by atoms with Gasteiger partial charge in [0.1, 0.15) is 0 Å². The van der Waals surface area contributed by atoms with Gasteiger partial charge in [0.25, 0.3) is 0 Å². The van der Waals surface area contributed by atoms with E-state index in [2.05, 4.69) is 12.2 Å². The average molecular weight is 296 g/mol. The maximum Gasteiger partial charge on any atom is 0.239 e. The molecule has 2 rings (SSSR count). The summed E-state index contributed by atoms with van der Waals surface area (Å²) >= 11 is 0. The fourth-order valence-electron chi connectivity index (χ4n) is 3.62. The largest absolute Gasteiger partial charge is 0.389 e. The van der Waals surface area contributed by atoms with E-state index in [9.17, 15) is 9.90 Å². The van der Waals surface area contributed by atoms with Gasteiger partial charge in [-0.3, -0.25) is 4.79 Å². The van der Waals surface area contributed by atoms with E-state index in [0.29, 0.717) is 6.54 Å². The van der Waals surface area contributed by atoms with Crippen molar-refractivity contribution < 1.29 is 9.90 Å². The van der Waals surface area contributed by atoms with Crippen molar-refractivity contribution >= 4 is 5.91 Å². The molecule has 122 valence electrons. The molecular formula is C17H32N2O2. The number of nitrogens with one attached hydrogen (secondary N) is 1. The van der Waals surface area contributed by atoms with Crippen LogP contribution in [0, 0.1) is 5.92 Å². The lowest BCUT2D eigenvalue weighted by atomic mass is 9.78. The third-order valence-corrected chi connectivity index (χ3v) is 5.39. The predicted octanol–water partition coefficient (Wildman–Crippen LogP) is 2.31. The van der Waals surface area contributed by atoms with Crippen LogP contribution in [0.2, 0.25) is 0 Å². The number of piperidine rings is 1. The Morgan fingerprint density at radius 1 is 1.29 bits per heavy atom. The Bertz CT molecular complexity index is 332. The van der Waals surface area contributed by atoms with E-state index in [1.165, 1.54) is 12.8 Å². The van der Waals surface area contributed by atoms with Crippen LogP contribution >= 0.6 is 0 Å². The lowest BCUT2D eigenvalue weighted by Crippen LogP contribution is -2.52. The zero-order valence-electron chi connectivity index (χ0n) is 13.7. The van der Waals surface area contributed by atoms with E-state index in [1.54, 1.807) is 0 Å². The first-order chi connectivity index (χ1) is 10.0. The molecule has 4 nitrogen and oxygen atoms in total. The van der Waals surface area contributed by atoms with Crippen molar-refractivity contribution in [1.29, 1.82) is 0 Å². The molecule has 1 saturated heterocycles. The van der Waals surface area contributed by atoms with Crippen molar-refractivity contribution in [3.8, 4) is 0 Å². The van der Waals surface area contributed by atoms with Gasteiger partial charge in [-0.15, -0.1) is 0 Å². The van der Waals surface area contributed by atoms with E-state index in [1.807, 2.05) is 11.8 Å². The normalized spacial score (nSPS) is 32.0. The summed E-state index contributed by atoms with van der Waals surface area (Å²) in [7, 11) is 0. The Labute approximate surface area is 129 Å². The molecule has 0 aromatic rings. The summed E-state index contributed by atoms with van der Waals surface area (Å²) in [5, 5.41) is 13.9. The van der Waals surface area contributed by atoms with Gasteiger partial charge in [0.2, 0.25) is 5.91 Å². The molecule has 0 bridgehead atoms. The molecule has 2 fully saturated rings. The van der Waals surface area contributed by atoms with Crippen LogP contribution in [0.5, 0.6) is 0 Å². The Morgan fingerprint density at radius 3 is 2.48 bits per heavy atom. The summed E-state index contributed by atoms with van der Waals surface area (Å²) in [4.78, 5) is 14.3. The van der Waals surface area contributed by atoms with Crippen LogP contribution in [0.15, 0.2) is 0 Å². The van der Waals surface area contributed by atoms with Crippen LogP contribution in [-0.2, 0) is 4.79 Å². The van der Waals surface area contributed by atoms with Gasteiger partial charge in [0, 0.05) is 19.6 Å². The minimum atomic E-state index is -0.609. The van der Waals surface area contributed by atoms with Crippen LogP contribution < -0.4 is 5.32 Å². The van der Waals surface area contributed by atoms with Gasteiger partial charge in [-0.2, -0.15) is 0 Å². The number of nitrogens with zero attached hydrogens (tertiary/aromatic N) is 1. The predicted molar refractivity (Wildman–Crippen MR) is 85.1 cm³/mol. The van der Waals surface area contributed by atoms with Crippen LogP contribution in [0.25, 0.3) is 0 Å². The van der Waals surface area contributed by atoms with Crippen LogP contribution in [0.1, 0.15) is 65.2 Å². The van der Waals surface area contributed by atoms with E-state index < -0.39 is 5.60 Å². The molecule has 1 amide bonds. The molecule has 1 unspecified atom stereocenters. The van der Waals surface area contributed by atoms with Gasteiger partial charge in [-0.05, 0) is 57.8 Å². The quantitative estimate of drug-likeness (QED) is 0.818. The molecule has 0 radical (unpaired) electrons. The third-order valence-electron chi connectivity index (χ3n) is 5.39. The fourth-order valence-corrected chi connectivity index (χ4v) is 3.62. The molecule has 21 heavy (non-hydrogen) atoms. The number of likely N-dealkylation sites (tertiary alicyclic amines) is 1. The topological polar surface area (TPSA) is 52.6 Å². The highest BCUT2D eigenvalue weighted by Gasteiger charge is 2.33. The van der Waals surface area contributed by atoms with Crippen molar-refractivity contribution in [2.45, 2.75) is 76.9 Å². The maximum atomic E-state index is 12.4. The molecule has 2 aliphatic rings. The lowest BCUT2D eigenvalue weighted by molar-refractivity contribution is -0.134. The number of hydrogen-bond donors (Lipinski definition) is 2. The highest BCUT2D eigenvalue weighted by molar-refractivity contribution is 5.81. The number of carbonyl (C=O) groups excluding carboxylic acids is 1. The Kier molecular flexibility index (Phi) is 6.06. The van der Waals surface area contributed by atoms with Gasteiger partial charge in [0.15, 0.2) is 0 Å². The molecule has 2 N–H and O–H groups in total. The molecule has 0 aromatic heterocycles. The smallest absolute Gasteiger partial charge is 0.239 e. The first kappa shape index (κ1) is 16.8. The molecule has 1 saturated carbocycles. The molecule has 4 heteroatoms. The minimum absolute atomic E-state index is 0.184. The highest BCUT2D eigenvalue weighted by atomic mass is 16.3. The zero-order chi connectivity index (χ0) is 15.3. The summed E-state index contributed by atoms with van der Waals surface area (Å²) in [5.41, 5.74) is -0.609. The molecule has 1 atom stereocenters. The number of rotatable bonds is 5. The Balaban J connectivity index is 1.75. The van der Waals surface area contributed by atoms with Crippen molar-refractivity contribution in [2.24, 2.45) is 5.92 Å². The third kappa shape index (κ3) is 4.68. The standard InChI is InChI=1S/C17H32N2O2/c1-3-15-7-9-17(21,10-8-15)13-18-14(2)16(20)19-11-5-4-6-12-19/h14-15,18,21H,3-13H2,1-2H3. The number of carbonyl (C=O) groups is 1. The second-order valence-electron chi connectivity index (χ2n) is 7.06. The van der Waals surface area contributed by atoms with Crippen molar-refractivity contribution in [1.82, 2.24) is 10.2 Å². The first-order valence-electron chi connectivity index (χ1n) is 8.78.